The Labute approximate surface area is 130 Å². The fraction of sp³-hybridized carbons (Fsp3) is 0.611. The summed E-state index contributed by atoms with van der Waals surface area (Å²) < 4.78 is 5.79. The van der Waals surface area contributed by atoms with Crippen molar-refractivity contribution >= 4 is 13.9 Å². The van der Waals surface area contributed by atoms with E-state index in [1.165, 1.54) is 0 Å². The molecular formula is C18H30O2Si. The number of hydrogen-bond donors (Lipinski definition) is 0. The third-order valence-electron chi connectivity index (χ3n) is 4.23. The van der Waals surface area contributed by atoms with Gasteiger partial charge in [-0.3, -0.25) is 4.79 Å². The predicted octanol–water partition coefficient (Wildman–Crippen LogP) is 5.56. The summed E-state index contributed by atoms with van der Waals surface area (Å²) in [6.45, 7) is 17.4. The predicted molar refractivity (Wildman–Crippen MR) is 93.2 cm³/mol. The van der Waals surface area contributed by atoms with Crippen molar-refractivity contribution in [1.29, 1.82) is 0 Å². The summed E-state index contributed by atoms with van der Waals surface area (Å²) in [4.78, 5) is 12.5. The van der Waals surface area contributed by atoms with Crippen molar-refractivity contribution in [1.82, 2.24) is 0 Å². The van der Waals surface area contributed by atoms with Gasteiger partial charge in [-0.2, -0.15) is 0 Å². The average molecular weight is 307 g/mol. The molecule has 0 heterocycles. The van der Waals surface area contributed by atoms with E-state index in [2.05, 4.69) is 33.9 Å². The van der Waals surface area contributed by atoms with E-state index in [4.69, 9.17) is 4.74 Å². The lowest BCUT2D eigenvalue weighted by Crippen LogP contribution is -2.39. The molecular weight excluding hydrogens is 276 g/mol. The monoisotopic (exact) mass is 306 g/mol. The Morgan fingerprint density at radius 3 is 1.86 bits per heavy atom. The van der Waals surface area contributed by atoms with Gasteiger partial charge in [-0.25, -0.2) is 0 Å². The molecule has 0 unspecified atom stereocenters. The van der Waals surface area contributed by atoms with Crippen LogP contribution in [-0.4, -0.2) is 19.5 Å². The molecule has 0 bridgehead atoms. The van der Waals surface area contributed by atoms with Gasteiger partial charge in [-0.1, -0.05) is 33.9 Å². The molecule has 1 aromatic rings. The van der Waals surface area contributed by atoms with E-state index in [0.717, 1.165) is 11.3 Å². The van der Waals surface area contributed by atoms with Crippen LogP contribution in [0.15, 0.2) is 24.3 Å². The van der Waals surface area contributed by atoms with E-state index in [1.807, 2.05) is 45.0 Å². The molecule has 21 heavy (non-hydrogen) atoms. The number of hydrogen-bond acceptors (Lipinski definition) is 2. The summed E-state index contributed by atoms with van der Waals surface area (Å²) in [6.07, 6.45) is 0. The van der Waals surface area contributed by atoms with Gasteiger partial charge in [-0.15, -0.1) is 0 Å². The largest absolute Gasteiger partial charge is 0.488 e. The van der Waals surface area contributed by atoms with Crippen LogP contribution in [-0.2, 0) is 0 Å². The van der Waals surface area contributed by atoms with Crippen molar-refractivity contribution in [3.05, 3.63) is 29.8 Å². The summed E-state index contributed by atoms with van der Waals surface area (Å²) >= 11 is 0. The van der Waals surface area contributed by atoms with Crippen LogP contribution in [0.5, 0.6) is 5.75 Å². The smallest absolute Gasteiger partial charge is 0.160 e. The highest BCUT2D eigenvalue weighted by molar-refractivity contribution is 6.82. The first-order valence-corrected chi connectivity index (χ1v) is 10.8. The van der Waals surface area contributed by atoms with Crippen LogP contribution >= 0.6 is 0 Å². The van der Waals surface area contributed by atoms with Gasteiger partial charge in [0.25, 0.3) is 0 Å². The zero-order chi connectivity index (χ0) is 16.5. The lowest BCUT2D eigenvalue weighted by atomic mass is 10.1. The second-order valence-electron chi connectivity index (χ2n) is 8.47. The highest BCUT2D eigenvalue weighted by Crippen LogP contribution is 2.39. The van der Waals surface area contributed by atoms with Gasteiger partial charge in [0.1, 0.15) is 11.4 Å². The van der Waals surface area contributed by atoms with Crippen molar-refractivity contribution in [2.24, 2.45) is 0 Å². The maximum absolute atomic E-state index is 12.5. The van der Waals surface area contributed by atoms with Crippen LogP contribution in [0, 0.1) is 0 Å². The Hall–Kier alpha value is -1.09. The summed E-state index contributed by atoms with van der Waals surface area (Å²) in [5.74, 6) is 1.07. The molecule has 0 aliphatic carbocycles. The number of ketones is 1. The molecule has 0 saturated heterocycles. The van der Waals surface area contributed by atoms with E-state index < -0.39 is 8.07 Å². The minimum Gasteiger partial charge on any atom is -0.488 e. The quantitative estimate of drug-likeness (QED) is 0.538. The molecule has 118 valence electrons. The van der Waals surface area contributed by atoms with Crippen molar-refractivity contribution in [2.75, 3.05) is 0 Å². The Kier molecular flexibility index (Phi) is 5.09. The number of rotatable bonds is 4. The molecule has 0 aliphatic heterocycles. The first-order chi connectivity index (χ1) is 9.32. The van der Waals surface area contributed by atoms with Crippen LogP contribution in [0.4, 0.5) is 0 Å². The number of ether oxygens (including phenoxy) is 1. The lowest BCUT2D eigenvalue weighted by Gasteiger charge is -2.36. The van der Waals surface area contributed by atoms with E-state index in [9.17, 15) is 4.79 Å². The zero-order valence-electron chi connectivity index (χ0n) is 14.8. The molecule has 0 spiro atoms. The minimum atomic E-state index is -1.58. The van der Waals surface area contributed by atoms with E-state index in [-0.39, 0.29) is 16.4 Å². The van der Waals surface area contributed by atoms with Gasteiger partial charge in [0.2, 0.25) is 0 Å². The number of carbonyl (C=O) groups excluding carboxylic acids is 1. The van der Waals surface area contributed by atoms with Crippen LogP contribution < -0.4 is 4.74 Å². The average Bonchev–Trinajstić information content (AvgIpc) is 2.25. The Morgan fingerprint density at radius 2 is 1.48 bits per heavy atom. The third-order valence-corrected chi connectivity index (χ3v) is 9.50. The fourth-order valence-corrected chi connectivity index (χ4v) is 3.37. The molecule has 0 N–H and O–H groups in total. The minimum absolute atomic E-state index is 0.216. The Balaban J connectivity index is 2.81. The summed E-state index contributed by atoms with van der Waals surface area (Å²) in [6, 6.07) is 8.25. The summed E-state index contributed by atoms with van der Waals surface area (Å²) in [5.41, 5.74) is 0.577. The molecule has 2 nitrogen and oxygen atoms in total. The molecule has 1 rings (SSSR count). The SMILES string of the molecule is CC(C)(C)Oc1ccc(C(=O)C[Si](C)(C)C(C)(C)C)cc1. The van der Waals surface area contributed by atoms with E-state index in [0.29, 0.717) is 6.04 Å². The molecule has 0 aliphatic rings. The van der Waals surface area contributed by atoms with Crippen LogP contribution in [0.25, 0.3) is 0 Å². The highest BCUT2D eigenvalue weighted by atomic mass is 28.3. The van der Waals surface area contributed by atoms with E-state index >= 15 is 0 Å². The summed E-state index contributed by atoms with van der Waals surface area (Å²) in [5, 5.41) is 0.234. The molecule has 0 saturated carbocycles. The fourth-order valence-electron chi connectivity index (χ4n) is 1.83. The second-order valence-corrected chi connectivity index (χ2v) is 14.1. The first-order valence-electron chi connectivity index (χ1n) is 7.64. The van der Waals surface area contributed by atoms with Crippen molar-refractivity contribution in [3.8, 4) is 5.75 Å². The Bertz CT molecular complexity index is 487. The maximum atomic E-state index is 12.5. The van der Waals surface area contributed by atoms with Crippen molar-refractivity contribution in [2.45, 2.75) is 71.3 Å². The van der Waals surface area contributed by atoms with E-state index in [1.54, 1.807) is 0 Å². The third kappa shape index (κ3) is 5.31. The van der Waals surface area contributed by atoms with Gasteiger partial charge < -0.3 is 4.74 Å². The molecule has 0 fully saturated rings. The first kappa shape index (κ1) is 18.0. The van der Waals surface area contributed by atoms with Crippen LogP contribution in [0.1, 0.15) is 51.9 Å². The van der Waals surface area contributed by atoms with Crippen LogP contribution in [0.2, 0.25) is 24.2 Å². The van der Waals surface area contributed by atoms with Gasteiger partial charge in [-0.05, 0) is 50.1 Å². The zero-order valence-corrected chi connectivity index (χ0v) is 15.8. The van der Waals surface area contributed by atoms with Gasteiger partial charge in [0.05, 0.1) is 8.07 Å². The normalized spacial score (nSPS) is 13.1. The van der Waals surface area contributed by atoms with Gasteiger partial charge in [0.15, 0.2) is 5.78 Å². The van der Waals surface area contributed by atoms with Crippen molar-refractivity contribution in [3.63, 3.8) is 0 Å². The lowest BCUT2D eigenvalue weighted by molar-refractivity contribution is 0.101. The number of Topliss-reactive ketones (excluding diaryl/α,β-unsaturated/α-hetero) is 1. The molecule has 0 amide bonds. The molecule has 1 aromatic carbocycles. The van der Waals surface area contributed by atoms with Crippen LogP contribution in [0.3, 0.4) is 0 Å². The van der Waals surface area contributed by atoms with Crippen molar-refractivity contribution < 1.29 is 9.53 Å². The highest BCUT2D eigenvalue weighted by Gasteiger charge is 2.36. The van der Waals surface area contributed by atoms with Gasteiger partial charge in [0, 0.05) is 11.6 Å². The summed E-state index contributed by atoms with van der Waals surface area (Å²) in [7, 11) is -1.58. The standard InChI is InChI=1S/C18H30O2Si/c1-17(2,3)20-15-11-9-14(10-12-15)16(19)13-21(7,8)18(4,5)6/h9-12H,13H2,1-8H3. The molecule has 0 radical (unpaired) electrons. The topological polar surface area (TPSA) is 26.3 Å². The maximum Gasteiger partial charge on any atom is 0.160 e. The second kappa shape index (κ2) is 5.96. The molecule has 0 aromatic heterocycles. The Morgan fingerprint density at radius 1 is 1.00 bits per heavy atom. The number of carbonyl (C=O) groups is 1. The molecule has 3 heteroatoms. The van der Waals surface area contributed by atoms with Gasteiger partial charge >= 0.3 is 0 Å². The number of benzene rings is 1. The molecule has 0 atom stereocenters.